The first-order valence-electron chi connectivity index (χ1n) is 8.60. The minimum absolute atomic E-state index is 0.144. The van der Waals surface area contributed by atoms with Gasteiger partial charge in [-0.25, -0.2) is 14.8 Å². The largest absolute Gasteiger partial charge is 0.418 e. The molecule has 6 nitrogen and oxygen atoms in total. The van der Waals surface area contributed by atoms with Crippen LogP contribution in [0.25, 0.3) is 0 Å². The molecule has 0 unspecified atom stereocenters. The van der Waals surface area contributed by atoms with Gasteiger partial charge in [-0.15, -0.1) is 0 Å². The number of nitrogens with one attached hydrogen (secondary N) is 2. The van der Waals surface area contributed by atoms with Crippen LogP contribution in [0.2, 0.25) is 0 Å². The molecule has 1 aromatic heterocycles. The lowest BCUT2D eigenvalue weighted by atomic mass is 10.1. The van der Waals surface area contributed by atoms with Crippen molar-refractivity contribution >= 4 is 17.5 Å². The molecule has 0 radical (unpaired) electrons. The summed E-state index contributed by atoms with van der Waals surface area (Å²) in [6.45, 7) is 2.77. The highest BCUT2D eigenvalue weighted by Gasteiger charge is 2.34. The maximum atomic E-state index is 13.0. The van der Waals surface area contributed by atoms with Gasteiger partial charge >= 0.3 is 12.2 Å². The Kier molecular flexibility index (Phi) is 5.48. The van der Waals surface area contributed by atoms with Crippen molar-refractivity contribution in [1.82, 2.24) is 14.9 Å². The Hall–Kier alpha value is -2.84. The van der Waals surface area contributed by atoms with Crippen molar-refractivity contribution in [2.45, 2.75) is 32.0 Å². The highest BCUT2D eigenvalue weighted by molar-refractivity contribution is 5.90. The summed E-state index contributed by atoms with van der Waals surface area (Å²) in [5.41, 5.74) is -0.228. The van der Waals surface area contributed by atoms with Crippen molar-refractivity contribution in [3.8, 4) is 0 Å². The minimum atomic E-state index is -4.52. The summed E-state index contributed by atoms with van der Waals surface area (Å²) in [6.07, 6.45) is -1.68. The second kappa shape index (κ2) is 7.81. The van der Waals surface area contributed by atoms with Gasteiger partial charge in [0.2, 0.25) is 0 Å². The zero-order valence-electron chi connectivity index (χ0n) is 14.8. The smallest absolute Gasteiger partial charge is 0.367 e. The number of hydrogen-bond acceptors (Lipinski definition) is 4. The maximum Gasteiger partial charge on any atom is 0.418 e. The molecule has 0 aliphatic carbocycles. The fourth-order valence-electron chi connectivity index (χ4n) is 3.00. The van der Waals surface area contributed by atoms with Crippen LogP contribution in [0.4, 0.5) is 29.5 Å². The van der Waals surface area contributed by atoms with Crippen LogP contribution < -0.4 is 10.6 Å². The van der Waals surface area contributed by atoms with E-state index >= 15 is 0 Å². The quantitative estimate of drug-likeness (QED) is 0.848. The van der Waals surface area contributed by atoms with Gasteiger partial charge in [-0.05, 0) is 31.9 Å². The summed E-state index contributed by atoms with van der Waals surface area (Å²) in [5, 5.41) is 5.69. The zero-order valence-corrected chi connectivity index (χ0v) is 14.8. The standard InChI is InChI=1S/C18H20F3N5O/c1-12-10-16(23-11-22-12)24-13-6-8-26(9-7-13)17(27)25-15-5-3-2-4-14(15)18(19,20)21/h2-5,10-11,13H,6-9H2,1H3,(H,25,27)(H,22,23,24). The Balaban J connectivity index is 1.56. The van der Waals surface area contributed by atoms with Gasteiger partial charge in [0, 0.05) is 30.9 Å². The summed E-state index contributed by atoms with van der Waals surface area (Å²) in [6, 6.07) is 6.43. The van der Waals surface area contributed by atoms with Gasteiger partial charge in [0.15, 0.2) is 0 Å². The number of urea groups is 1. The number of aromatic nitrogens is 2. The van der Waals surface area contributed by atoms with E-state index in [0.717, 1.165) is 17.6 Å². The normalized spacial score (nSPS) is 15.5. The third-order valence-electron chi connectivity index (χ3n) is 4.41. The van der Waals surface area contributed by atoms with Gasteiger partial charge < -0.3 is 15.5 Å². The van der Waals surface area contributed by atoms with Crippen LogP contribution in [0.1, 0.15) is 24.1 Å². The fourth-order valence-corrected chi connectivity index (χ4v) is 3.00. The molecule has 2 N–H and O–H groups in total. The van der Waals surface area contributed by atoms with Crippen LogP contribution >= 0.6 is 0 Å². The topological polar surface area (TPSA) is 70.2 Å². The molecule has 0 spiro atoms. The molecule has 2 heterocycles. The molecule has 1 aliphatic heterocycles. The van der Waals surface area contributed by atoms with Gasteiger partial charge in [0.05, 0.1) is 11.3 Å². The van der Waals surface area contributed by atoms with E-state index in [9.17, 15) is 18.0 Å². The third kappa shape index (κ3) is 4.87. The number of halogens is 3. The number of carbonyl (C=O) groups excluding carboxylic acids is 1. The number of anilines is 2. The number of likely N-dealkylation sites (tertiary alicyclic amines) is 1. The van der Waals surface area contributed by atoms with E-state index in [-0.39, 0.29) is 11.7 Å². The van der Waals surface area contributed by atoms with E-state index in [1.54, 1.807) is 0 Å². The lowest BCUT2D eigenvalue weighted by molar-refractivity contribution is -0.136. The highest BCUT2D eigenvalue weighted by atomic mass is 19.4. The highest BCUT2D eigenvalue weighted by Crippen LogP contribution is 2.34. The molecule has 1 aliphatic rings. The SMILES string of the molecule is Cc1cc(NC2CCN(C(=O)Nc3ccccc3C(F)(F)F)CC2)ncn1. The first kappa shape index (κ1) is 18.9. The predicted octanol–water partition coefficient (Wildman–Crippen LogP) is 3.91. The molecule has 27 heavy (non-hydrogen) atoms. The number of aryl methyl sites for hydroxylation is 1. The Morgan fingerprint density at radius 1 is 1.19 bits per heavy atom. The molecule has 0 saturated carbocycles. The number of carbonyl (C=O) groups is 1. The van der Waals surface area contributed by atoms with Crippen LogP contribution in [-0.2, 0) is 6.18 Å². The van der Waals surface area contributed by atoms with Crippen molar-refractivity contribution in [3.63, 3.8) is 0 Å². The molecule has 0 bridgehead atoms. The van der Waals surface area contributed by atoms with E-state index in [4.69, 9.17) is 0 Å². The molecule has 1 fully saturated rings. The van der Waals surface area contributed by atoms with Gasteiger partial charge in [-0.1, -0.05) is 12.1 Å². The zero-order chi connectivity index (χ0) is 19.4. The van der Waals surface area contributed by atoms with Gasteiger partial charge in [0.25, 0.3) is 0 Å². The second-order valence-electron chi connectivity index (χ2n) is 6.42. The van der Waals surface area contributed by atoms with Crippen molar-refractivity contribution in [2.24, 2.45) is 0 Å². The molecule has 3 rings (SSSR count). The average Bonchev–Trinajstić information content (AvgIpc) is 2.62. The summed E-state index contributed by atoms with van der Waals surface area (Å²) >= 11 is 0. The lowest BCUT2D eigenvalue weighted by Gasteiger charge is -2.32. The summed E-state index contributed by atoms with van der Waals surface area (Å²) in [5.74, 6) is 0.726. The minimum Gasteiger partial charge on any atom is -0.367 e. The molecule has 2 amide bonds. The Morgan fingerprint density at radius 3 is 2.56 bits per heavy atom. The molecule has 9 heteroatoms. The summed E-state index contributed by atoms with van der Waals surface area (Å²) in [7, 11) is 0. The first-order chi connectivity index (χ1) is 12.8. The first-order valence-corrected chi connectivity index (χ1v) is 8.60. The average molecular weight is 379 g/mol. The molecule has 144 valence electrons. The van der Waals surface area contributed by atoms with E-state index in [0.29, 0.717) is 25.9 Å². The van der Waals surface area contributed by atoms with E-state index in [2.05, 4.69) is 20.6 Å². The van der Waals surface area contributed by atoms with Gasteiger partial charge in [0.1, 0.15) is 12.1 Å². The third-order valence-corrected chi connectivity index (χ3v) is 4.41. The number of alkyl halides is 3. The molecular weight excluding hydrogens is 359 g/mol. The number of amides is 2. The predicted molar refractivity (Wildman–Crippen MR) is 95.4 cm³/mol. The van der Waals surface area contributed by atoms with E-state index in [1.165, 1.54) is 29.4 Å². The molecule has 1 aromatic carbocycles. The summed E-state index contributed by atoms with van der Waals surface area (Å²) in [4.78, 5) is 22.1. The monoisotopic (exact) mass is 379 g/mol. The number of rotatable bonds is 3. The van der Waals surface area contributed by atoms with E-state index < -0.39 is 17.8 Å². The van der Waals surface area contributed by atoms with Crippen molar-refractivity contribution in [3.05, 3.63) is 47.9 Å². The van der Waals surface area contributed by atoms with E-state index in [1.807, 2.05) is 13.0 Å². The number of para-hydroxylation sites is 1. The van der Waals surface area contributed by atoms with Crippen molar-refractivity contribution < 1.29 is 18.0 Å². The van der Waals surface area contributed by atoms with Crippen LogP contribution in [0.3, 0.4) is 0 Å². The Bertz CT molecular complexity index is 804. The summed E-state index contributed by atoms with van der Waals surface area (Å²) < 4.78 is 39.1. The fraction of sp³-hybridized carbons (Fsp3) is 0.389. The van der Waals surface area contributed by atoms with Crippen LogP contribution in [0, 0.1) is 6.92 Å². The van der Waals surface area contributed by atoms with Crippen molar-refractivity contribution in [2.75, 3.05) is 23.7 Å². The van der Waals surface area contributed by atoms with Crippen LogP contribution in [0.5, 0.6) is 0 Å². The Morgan fingerprint density at radius 2 is 1.89 bits per heavy atom. The van der Waals surface area contributed by atoms with Gasteiger partial charge in [-0.3, -0.25) is 0 Å². The van der Waals surface area contributed by atoms with Crippen molar-refractivity contribution in [1.29, 1.82) is 0 Å². The number of hydrogen-bond donors (Lipinski definition) is 2. The van der Waals surface area contributed by atoms with Crippen LogP contribution in [0.15, 0.2) is 36.7 Å². The Labute approximate surface area is 154 Å². The number of nitrogens with zero attached hydrogens (tertiary/aromatic N) is 3. The van der Waals surface area contributed by atoms with Gasteiger partial charge in [-0.2, -0.15) is 13.2 Å². The number of benzene rings is 1. The molecular formula is C18H20F3N5O. The number of piperidine rings is 1. The molecule has 1 saturated heterocycles. The van der Waals surface area contributed by atoms with Crippen LogP contribution in [-0.4, -0.2) is 40.0 Å². The lowest BCUT2D eigenvalue weighted by Crippen LogP contribution is -2.44. The second-order valence-corrected chi connectivity index (χ2v) is 6.42. The maximum absolute atomic E-state index is 13.0. The molecule has 2 aromatic rings. The molecule has 0 atom stereocenters.